The van der Waals surface area contributed by atoms with Crippen LogP contribution in [0, 0.1) is 19.7 Å². The second-order valence-electron chi connectivity index (χ2n) is 4.93. The Balaban J connectivity index is 1.73. The summed E-state index contributed by atoms with van der Waals surface area (Å²) in [5, 5.41) is 4.14. The molecule has 0 aliphatic rings. The Morgan fingerprint density at radius 3 is 2.61 bits per heavy atom. The fourth-order valence-electron chi connectivity index (χ4n) is 1.89. The van der Waals surface area contributed by atoms with Crippen LogP contribution < -0.4 is 15.6 Å². The molecule has 2 amide bonds. The predicted molar refractivity (Wildman–Crippen MR) is 79.9 cm³/mol. The Kier molecular flexibility index (Phi) is 5.29. The molecule has 7 nitrogen and oxygen atoms in total. The van der Waals surface area contributed by atoms with Crippen molar-refractivity contribution in [2.45, 2.75) is 20.4 Å². The van der Waals surface area contributed by atoms with Crippen LogP contribution in [-0.4, -0.2) is 28.2 Å². The van der Waals surface area contributed by atoms with Gasteiger partial charge in [-0.15, -0.1) is 0 Å². The molecule has 2 aromatic rings. The minimum atomic E-state index is -0.559. The number of aromatic nitrogens is 2. The molecule has 0 bridgehead atoms. The van der Waals surface area contributed by atoms with Gasteiger partial charge in [0, 0.05) is 11.8 Å². The van der Waals surface area contributed by atoms with Crippen molar-refractivity contribution in [3.8, 4) is 5.75 Å². The summed E-state index contributed by atoms with van der Waals surface area (Å²) in [4.78, 5) is 23.3. The van der Waals surface area contributed by atoms with Crippen LogP contribution in [0.15, 0.2) is 30.3 Å². The van der Waals surface area contributed by atoms with E-state index in [-0.39, 0.29) is 18.9 Å². The van der Waals surface area contributed by atoms with Crippen LogP contribution in [0.4, 0.5) is 4.39 Å². The summed E-state index contributed by atoms with van der Waals surface area (Å²) in [6, 6.07) is 7.27. The number of aryl methyl sites for hydroxylation is 2. The van der Waals surface area contributed by atoms with E-state index in [9.17, 15) is 14.0 Å². The lowest BCUT2D eigenvalue weighted by Crippen LogP contribution is -2.45. The van der Waals surface area contributed by atoms with Crippen molar-refractivity contribution in [3.63, 3.8) is 0 Å². The Labute approximate surface area is 132 Å². The van der Waals surface area contributed by atoms with Gasteiger partial charge >= 0.3 is 0 Å². The highest BCUT2D eigenvalue weighted by atomic mass is 19.1. The number of hydrazine groups is 1. The maximum absolute atomic E-state index is 12.9. The summed E-state index contributed by atoms with van der Waals surface area (Å²) in [6.45, 7) is 3.31. The van der Waals surface area contributed by atoms with Gasteiger partial charge in [-0.3, -0.25) is 25.1 Å². The molecule has 0 fully saturated rings. The third kappa shape index (κ3) is 5.10. The van der Waals surface area contributed by atoms with Crippen LogP contribution in [0.5, 0.6) is 5.75 Å². The summed E-state index contributed by atoms with van der Waals surface area (Å²) < 4.78 is 19.6. The molecule has 0 aliphatic carbocycles. The van der Waals surface area contributed by atoms with Gasteiger partial charge in [-0.1, -0.05) is 6.07 Å². The molecular weight excluding hydrogens is 303 g/mol. The molecule has 0 atom stereocenters. The first-order valence-electron chi connectivity index (χ1n) is 6.91. The lowest BCUT2D eigenvalue weighted by molar-refractivity contribution is -0.130. The Morgan fingerprint density at radius 2 is 1.96 bits per heavy atom. The average Bonchev–Trinajstić information content (AvgIpc) is 2.81. The highest BCUT2D eigenvalue weighted by molar-refractivity contribution is 5.82. The van der Waals surface area contributed by atoms with Gasteiger partial charge in [0.25, 0.3) is 11.8 Å². The zero-order valence-electron chi connectivity index (χ0n) is 12.8. The minimum Gasteiger partial charge on any atom is -0.484 e. The molecule has 23 heavy (non-hydrogen) atoms. The predicted octanol–water partition coefficient (Wildman–Crippen LogP) is 0.865. The number of hydrogen-bond donors (Lipinski definition) is 2. The standard InChI is InChI=1S/C15H17FN4O3/c1-10-6-11(2)20(19-10)8-14(21)17-18-15(22)9-23-13-5-3-4-12(16)7-13/h3-7H,8-9H2,1-2H3,(H,17,21)(H,18,22). The average molecular weight is 320 g/mol. The molecule has 0 aliphatic heterocycles. The van der Waals surface area contributed by atoms with Gasteiger partial charge in [0.2, 0.25) is 0 Å². The summed E-state index contributed by atoms with van der Waals surface area (Å²) in [7, 11) is 0. The first kappa shape index (κ1) is 16.5. The van der Waals surface area contributed by atoms with Crippen molar-refractivity contribution in [1.82, 2.24) is 20.6 Å². The molecular formula is C15H17FN4O3. The first-order chi connectivity index (χ1) is 10.9. The molecule has 0 saturated carbocycles. The van der Waals surface area contributed by atoms with Crippen LogP contribution in [0.2, 0.25) is 0 Å². The van der Waals surface area contributed by atoms with Crippen molar-refractivity contribution in [3.05, 3.63) is 47.5 Å². The molecule has 0 radical (unpaired) electrons. The van der Waals surface area contributed by atoms with Gasteiger partial charge in [0.15, 0.2) is 6.61 Å². The number of ether oxygens (including phenoxy) is 1. The lowest BCUT2D eigenvalue weighted by atomic mass is 10.3. The van der Waals surface area contributed by atoms with Crippen LogP contribution in [0.1, 0.15) is 11.4 Å². The fourth-order valence-corrected chi connectivity index (χ4v) is 1.89. The lowest BCUT2D eigenvalue weighted by Gasteiger charge is -2.09. The van der Waals surface area contributed by atoms with Crippen molar-refractivity contribution in [1.29, 1.82) is 0 Å². The molecule has 122 valence electrons. The number of benzene rings is 1. The number of nitrogens with one attached hydrogen (secondary N) is 2. The Hall–Kier alpha value is -2.90. The maximum Gasteiger partial charge on any atom is 0.276 e. The van der Waals surface area contributed by atoms with Crippen LogP contribution >= 0.6 is 0 Å². The largest absolute Gasteiger partial charge is 0.484 e. The molecule has 2 rings (SSSR count). The van der Waals surface area contributed by atoms with E-state index in [2.05, 4.69) is 16.0 Å². The second kappa shape index (κ2) is 7.39. The molecule has 8 heteroatoms. The molecule has 0 unspecified atom stereocenters. The smallest absolute Gasteiger partial charge is 0.276 e. The quantitative estimate of drug-likeness (QED) is 0.801. The van der Waals surface area contributed by atoms with Gasteiger partial charge in [0.05, 0.1) is 5.69 Å². The van der Waals surface area contributed by atoms with E-state index in [0.29, 0.717) is 0 Å². The summed E-state index contributed by atoms with van der Waals surface area (Å²) in [5.41, 5.74) is 6.13. The van der Waals surface area contributed by atoms with Gasteiger partial charge in [-0.05, 0) is 32.0 Å². The van der Waals surface area contributed by atoms with Gasteiger partial charge in [-0.25, -0.2) is 4.39 Å². The van der Waals surface area contributed by atoms with Crippen LogP contribution in [-0.2, 0) is 16.1 Å². The third-order valence-electron chi connectivity index (χ3n) is 2.90. The molecule has 0 saturated heterocycles. The summed E-state index contributed by atoms with van der Waals surface area (Å²) in [5.74, 6) is -1.21. The van der Waals surface area contributed by atoms with Crippen molar-refractivity contribution >= 4 is 11.8 Å². The van der Waals surface area contributed by atoms with Crippen LogP contribution in [0.3, 0.4) is 0 Å². The second-order valence-corrected chi connectivity index (χ2v) is 4.93. The molecule has 1 heterocycles. The van der Waals surface area contributed by atoms with E-state index in [4.69, 9.17) is 4.74 Å². The van der Waals surface area contributed by atoms with Gasteiger partial charge in [0.1, 0.15) is 18.1 Å². The zero-order valence-corrected chi connectivity index (χ0v) is 12.8. The zero-order chi connectivity index (χ0) is 16.8. The summed E-state index contributed by atoms with van der Waals surface area (Å²) >= 11 is 0. The topological polar surface area (TPSA) is 85.2 Å². The van der Waals surface area contributed by atoms with Gasteiger partial charge < -0.3 is 4.74 Å². The minimum absolute atomic E-state index is 0.00922. The molecule has 0 spiro atoms. The SMILES string of the molecule is Cc1cc(C)n(CC(=O)NNC(=O)COc2cccc(F)c2)n1. The Bertz CT molecular complexity index is 714. The monoisotopic (exact) mass is 320 g/mol. The van der Waals surface area contributed by atoms with E-state index in [1.807, 2.05) is 19.9 Å². The van der Waals surface area contributed by atoms with Crippen molar-refractivity contribution in [2.75, 3.05) is 6.61 Å². The van der Waals surface area contributed by atoms with E-state index in [0.717, 1.165) is 17.5 Å². The van der Waals surface area contributed by atoms with E-state index < -0.39 is 17.6 Å². The number of carbonyl (C=O) groups excluding carboxylic acids is 2. The normalized spacial score (nSPS) is 10.2. The number of halogens is 1. The fraction of sp³-hybridized carbons (Fsp3) is 0.267. The highest BCUT2D eigenvalue weighted by Crippen LogP contribution is 2.11. The summed E-state index contributed by atoms with van der Waals surface area (Å²) in [6.07, 6.45) is 0. The first-order valence-corrected chi connectivity index (χ1v) is 6.91. The number of carbonyl (C=O) groups is 2. The molecule has 1 aromatic carbocycles. The third-order valence-corrected chi connectivity index (χ3v) is 2.90. The van der Waals surface area contributed by atoms with Crippen molar-refractivity contribution < 1.29 is 18.7 Å². The number of nitrogens with zero attached hydrogens (tertiary/aromatic N) is 2. The Morgan fingerprint density at radius 1 is 1.22 bits per heavy atom. The maximum atomic E-state index is 12.9. The van der Waals surface area contributed by atoms with E-state index in [1.54, 1.807) is 0 Å². The number of hydrogen-bond acceptors (Lipinski definition) is 4. The van der Waals surface area contributed by atoms with E-state index >= 15 is 0 Å². The molecule has 2 N–H and O–H groups in total. The highest BCUT2D eigenvalue weighted by Gasteiger charge is 2.09. The number of amides is 2. The van der Waals surface area contributed by atoms with E-state index in [1.165, 1.54) is 22.9 Å². The molecule has 1 aromatic heterocycles. The van der Waals surface area contributed by atoms with Crippen molar-refractivity contribution in [2.24, 2.45) is 0 Å². The van der Waals surface area contributed by atoms with Gasteiger partial charge in [-0.2, -0.15) is 5.10 Å². The number of rotatable bonds is 5. The van der Waals surface area contributed by atoms with Crippen LogP contribution in [0.25, 0.3) is 0 Å².